The molecule has 1 aromatic rings. The van der Waals surface area contributed by atoms with Gasteiger partial charge in [0.1, 0.15) is 11.6 Å². The summed E-state index contributed by atoms with van der Waals surface area (Å²) in [5.74, 6) is -2.31. The molecule has 0 aliphatic heterocycles. The van der Waals surface area contributed by atoms with Crippen LogP contribution < -0.4 is 10.1 Å². The van der Waals surface area contributed by atoms with Gasteiger partial charge in [-0.25, -0.2) is 4.39 Å². The molecule has 0 bridgehead atoms. The van der Waals surface area contributed by atoms with Gasteiger partial charge in [-0.15, -0.1) is 0 Å². The standard InChI is InChI=1S/C15H20FNO4/c1-9(2)6-10(15(19)20)8-17-14(18)12-7-11(16)4-5-13(12)21-3/h4-5,7,9-10H,6,8H2,1-3H3,(H,17,18)(H,19,20). The van der Waals surface area contributed by atoms with Crippen molar-refractivity contribution in [3.63, 3.8) is 0 Å². The number of ether oxygens (including phenoxy) is 1. The highest BCUT2D eigenvalue weighted by molar-refractivity contribution is 5.97. The third kappa shape index (κ3) is 5.06. The number of rotatable bonds is 7. The van der Waals surface area contributed by atoms with Crippen LogP contribution in [0.3, 0.4) is 0 Å². The molecule has 5 nitrogen and oxygen atoms in total. The molecule has 0 heterocycles. The maximum atomic E-state index is 13.2. The third-order valence-corrected chi connectivity index (χ3v) is 3.02. The van der Waals surface area contributed by atoms with E-state index in [4.69, 9.17) is 9.84 Å². The minimum atomic E-state index is -0.963. The zero-order valence-electron chi connectivity index (χ0n) is 12.4. The minimum absolute atomic E-state index is 0.00792. The molecule has 1 amide bonds. The Kier molecular flexibility index (Phi) is 6.14. The number of carbonyl (C=O) groups is 2. The monoisotopic (exact) mass is 297 g/mol. The van der Waals surface area contributed by atoms with Gasteiger partial charge in [-0.05, 0) is 30.5 Å². The van der Waals surface area contributed by atoms with Gasteiger partial charge in [0.2, 0.25) is 0 Å². The number of benzene rings is 1. The Morgan fingerprint density at radius 3 is 2.57 bits per heavy atom. The molecule has 2 N–H and O–H groups in total. The van der Waals surface area contributed by atoms with Gasteiger partial charge in [0.15, 0.2) is 0 Å². The summed E-state index contributed by atoms with van der Waals surface area (Å²) >= 11 is 0. The van der Waals surface area contributed by atoms with Crippen molar-refractivity contribution in [2.75, 3.05) is 13.7 Å². The van der Waals surface area contributed by atoms with Gasteiger partial charge in [0.25, 0.3) is 5.91 Å². The van der Waals surface area contributed by atoms with Crippen molar-refractivity contribution >= 4 is 11.9 Å². The lowest BCUT2D eigenvalue weighted by atomic mass is 9.97. The van der Waals surface area contributed by atoms with Gasteiger partial charge in [0, 0.05) is 6.54 Å². The summed E-state index contributed by atoms with van der Waals surface area (Å²) < 4.78 is 18.2. The normalized spacial score (nSPS) is 12.0. The maximum Gasteiger partial charge on any atom is 0.308 e. The maximum absolute atomic E-state index is 13.2. The molecule has 0 saturated heterocycles. The molecular formula is C15H20FNO4. The van der Waals surface area contributed by atoms with Crippen LogP contribution in [0.2, 0.25) is 0 Å². The van der Waals surface area contributed by atoms with E-state index >= 15 is 0 Å². The first-order chi connectivity index (χ1) is 9.85. The van der Waals surface area contributed by atoms with Crippen molar-refractivity contribution in [2.45, 2.75) is 20.3 Å². The Labute approximate surface area is 123 Å². The highest BCUT2D eigenvalue weighted by Gasteiger charge is 2.21. The van der Waals surface area contributed by atoms with Crippen LogP contribution in [0, 0.1) is 17.7 Å². The number of aliphatic carboxylic acids is 1. The lowest BCUT2D eigenvalue weighted by molar-refractivity contribution is -0.142. The Balaban J connectivity index is 2.76. The first-order valence-electron chi connectivity index (χ1n) is 6.69. The summed E-state index contributed by atoms with van der Waals surface area (Å²) in [7, 11) is 1.38. The molecule has 6 heteroatoms. The summed E-state index contributed by atoms with van der Waals surface area (Å²) in [5.41, 5.74) is 0.0474. The molecule has 0 saturated carbocycles. The second-order valence-electron chi connectivity index (χ2n) is 5.22. The molecule has 0 aliphatic rings. The number of amides is 1. The van der Waals surface area contributed by atoms with Crippen LogP contribution in [0.4, 0.5) is 4.39 Å². The van der Waals surface area contributed by atoms with E-state index in [-0.39, 0.29) is 23.8 Å². The molecule has 116 valence electrons. The highest BCUT2D eigenvalue weighted by Crippen LogP contribution is 2.19. The Hall–Kier alpha value is -2.11. The first-order valence-corrected chi connectivity index (χ1v) is 6.69. The van der Waals surface area contributed by atoms with E-state index in [1.54, 1.807) is 0 Å². The van der Waals surface area contributed by atoms with E-state index in [0.29, 0.717) is 6.42 Å². The Bertz CT molecular complexity index is 516. The van der Waals surface area contributed by atoms with Gasteiger partial charge < -0.3 is 15.2 Å². The minimum Gasteiger partial charge on any atom is -0.496 e. The molecule has 1 aromatic carbocycles. The van der Waals surface area contributed by atoms with Gasteiger partial charge in [-0.2, -0.15) is 0 Å². The number of halogens is 1. The number of hydrogen-bond donors (Lipinski definition) is 2. The molecule has 0 spiro atoms. The number of methoxy groups -OCH3 is 1. The number of carboxylic acid groups (broad SMARTS) is 1. The van der Waals surface area contributed by atoms with Crippen LogP contribution in [0.15, 0.2) is 18.2 Å². The van der Waals surface area contributed by atoms with E-state index in [2.05, 4.69) is 5.32 Å². The third-order valence-electron chi connectivity index (χ3n) is 3.02. The number of hydrogen-bond acceptors (Lipinski definition) is 3. The molecule has 1 atom stereocenters. The average Bonchev–Trinajstić information content (AvgIpc) is 2.42. The summed E-state index contributed by atoms with van der Waals surface area (Å²) in [5, 5.41) is 11.6. The zero-order chi connectivity index (χ0) is 16.0. The van der Waals surface area contributed by atoms with Crippen LogP contribution in [-0.2, 0) is 4.79 Å². The molecule has 0 aromatic heterocycles. The van der Waals surface area contributed by atoms with E-state index < -0.39 is 23.6 Å². The van der Waals surface area contributed by atoms with Crippen LogP contribution >= 0.6 is 0 Å². The predicted molar refractivity (Wildman–Crippen MR) is 75.9 cm³/mol. The topological polar surface area (TPSA) is 75.6 Å². The van der Waals surface area contributed by atoms with Gasteiger partial charge in [0.05, 0.1) is 18.6 Å². The van der Waals surface area contributed by atoms with Crippen molar-refractivity contribution in [3.05, 3.63) is 29.6 Å². The molecular weight excluding hydrogens is 277 g/mol. The number of carbonyl (C=O) groups excluding carboxylic acids is 1. The summed E-state index contributed by atoms with van der Waals surface area (Å²) in [6.07, 6.45) is 0.454. The second kappa shape index (κ2) is 7.61. The van der Waals surface area contributed by atoms with E-state index in [9.17, 15) is 14.0 Å². The van der Waals surface area contributed by atoms with Crippen LogP contribution in [0.25, 0.3) is 0 Å². The largest absolute Gasteiger partial charge is 0.496 e. The van der Waals surface area contributed by atoms with Crippen LogP contribution in [0.5, 0.6) is 5.75 Å². The second-order valence-corrected chi connectivity index (χ2v) is 5.22. The van der Waals surface area contributed by atoms with Crippen molar-refractivity contribution in [1.82, 2.24) is 5.32 Å². The van der Waals surface area contributed by atoms with Crippen molar-refractivity contribution in [3.8, 4) is 5.75 Å². The summed E-state index contributed by atoms with van der Waals surface area (Å²) in [6, 6.07) is 3.61. The smallest absolute Gasteiger partial charge is 0.308 e. The first kappa shape index (κ1) is 16.9. The Morgan fingerprint density at radius 1 is 1.38 bits per heavy atom. The van der Waals surface area contributed by atoms with Gasteiger partial charge in [-0.1, -0.05) is 13.8 Å². The van der Waals surface area contributed by atoms with Crippen LogP contribution in [-0.4, -0.2) is 30.6 Å². The fourth-order valence-corrected chi connectivity index (χ4v) is 2.01. The zero-order valence-corrected chi connectivity index (χ0v) is 12.4. The van der Waals surface area contributed by atoms with E-state index in [1.165, 1.54) is 19.2 Å². The summed E-state index contributed by atoms with van der Waals surface area (Å²) in [4.78, 5) is 23.2. The molecule has 0 fully saturated rings. The summed E-state index contributed by atoms with van der Waals surface area (Å²) in [6.45, 7) is 3.81. The molecule has 0 aliphatic carbocycles. The molecule has 0 radical (unpaired) electrons. The molecule has 1 unspecified atom stereocenters. The van der Waals surface area contributed by atoms with E-state index in [1.807, 2.05) is 13.8 Å². The van der Waals surface area contributed by atoms with Gasteiger partial charge >= 0.3 is 5.97 Å². The fraction of sp³-hybridized carbons (Fsp3) is 0.467. The predicted octanol–water partition coefficient (Wildman–Crippen LogP) is 2.31. The fourth-order valence-electron chi connectivity index (χ4n) is 2.01. The quantitative estimate of drug-likeness (QED) is 0.810. The Morgan fingerprint density at radius 2 is 2.05 bits per heavy atom. The van der Waals surface area contributed by atoms with Crippen molar-refractivity contribution in [1.29, 1.82) is 0 Å². The number of nitrogens with one attached hydrogen (secondary N) is 1. The SMILES string of the molecule is COc1ccc(F)cc1C(=O)NCC(CC(C)C)C(=O)O. The number of carboxylic acids is 1. The average molecular weight is 297 g/mol. The van der Waals surface area contributed by atoms with Crippen molar-refractivity contribution in [2.24, 2.45) is 11.8 Å². The lowest BCUT2D eigenvalue weighted by Crippen LogP contribution is -2.33. The van der Waals surface area contributed by atoms with Crippen LogP contribution in [0.1, 0.15) is 30.6 Å². The molecule has 21 heavy (non-hydrogen) atoms. The highest BCUT2D eigenvalue weighted by atomic mass is 19.1. The van der Waals surface area contributed by atoms with Crippen molar-refractivity contribution < 1.29 is 23.8 Å². The van der Waals surface area contributed by atoms with E-state index in [0.717, 1.165) is 6.07 Å². The lowest BCUT2D eigenvalue weighted by Gasteiger charge is -2.16. The molecule has 1 rings (SSSR count). The van der Waals surface area contributed by atoms with Gasteiger partial charge in [-0.3, -0.25) is 9.59 Å².